The topological polar surface area (TPSA) is 41.7 Å². The lowest BCUT2D eigenvalue weighted by molar-refractivity contribution is 0.0331. The summed E-state index contributed by atoms with van der Waals surface area (Å²) in [5, 5.41) is 0. The molecule has 0 atom stereocenters. The van der Waals surface area contributed by atoms with Gasteiger partial charge in [-0.1, -0.05) is 30.3 Å². The number of hydrogen-bond acceptors (Lipinski definition) is 4. The third-order valence-electron chi connectivity index (χ3n) is 3.53. The van der Waals surface area contributed by atoms with Crippen molar-refractivity contribution in [1.82, 2.24) is 9.80 Å². The lowest BCUT2D eigenvalue weighted by Crippen LogP contribution is -2.42. The molecule has 1 heterocycles. The molecule has 0 unspecified atom stereocenters. The number of morpholine rings is 1. The Morgan fingerprint density at radius 1 is 1.11 bits per heavy atom. The van der Waals surface area contributed by atoms with Crippen molar-refractivity contribution >= 4 is 0 Å². The van der Waals surface area contributed by atoms with Gasteiger partial charge in [0.25, 0.3) is 0 Å². The maximum atomic E-state index is 5.72. The van der Waals surface area contributed by atoms with E-state index in [1.54, 1.807) is 0 Å². The third-order valence-corrected chi connectivity index (χ3v) is 3.53. The first-order chi connectivity index (χ1) is 9.38. The quantitative estimate of drug-likeness (QED) is 0.789. The SMILES string of the molecule is NCCN(CCN1CCOCC1)Cc1ccccc1. The lowest BCUT2D eigenvalue weighted by atomic mass is 10.2. The Hall–Kier alpha value is -0.940. The van der Waals surface area contributed by atoms with Crippen molar-refractivity contribution in [3.8, 4) is 0 Å². The molecule has 1 aromatic carbocycles. The zero-order chi connectivity index (χ0) is 13.3. The van der Waals surface area contributed by atoms with E-state index in [9.17, 15) is 0 Å². The highest BCUT2D eigenvalue weighted by Gasteiger charge is 2.12. The number of benzene rings is 1. The van der Waals surface area contributed by atoms with Gasteiger partial charge in [-0.2, -0.15) is 0 Å². The lowest BCUT2D eigenvalue weighted by Gasteiger charge is -2.30. The molecule has 0 spiro atoms. The predicted molar refractivity (Wildman–Crippen MR) is 78.0 cm³/mol. The molecule has 0 bridgehead atoms. The van der Waals surface area contributed by atoms with Crippen LogP contribution in [0, 0.1) is 0 Å². The molecule has 0 aromatic heterocycles. The van der Waals surface area contributed by atoms with Crippen LogP contribution >= 0.6 is 0 Å². The Kier molecular flexibility index (Phi) is 6.30. The van der Waals surface area contributed by atoms with E-state index in [-0.39, 0.29) is 0 Å². The van der Waals surface area contributed by atoms with E-state index in [1.165, 1.54) is 5.56 Å². The average Bonchev–Trinajstić information content (AvgIpc) is 2.47. The first-order valence-electron chi connectivity index (χ1n) is 7.15. The second kappa shape index (κ2) is 8.27. The molecule has 0 aliphatic carbocycles. The van der Waals surface area contributed by atoms with Gasteiger partial charge in [0.05, 0.1) is 13.2 Å². The van der Waals surface area contributed by atoms with Crippen LogP contribution in [-0.4, -0.2) is 62.3 Å². The van der Waals surface area contributed by atoms with E-state index >= 15 is 0 Å². The van der Waals surface area contributed by atoms with Gasteiger partial charge >= 0.3 is 0 Å². The van der Waals surface area contributed by atoms with Gasteiger partial charge in [0.2, 0.25) is 0 Å². The molecule has 1 aliphatic heterocycles. The summed E-state index contributed by atoms with van der Waals surface area (Å²) in [6, 6.07) is 10.6. The minimum Gasteiger partial charge on any atom is -0.379 e. The second-order valence-corrected chi connectivity index (χ2v) is 5.00. The van der Waals surface area contributed by atoms with Crippen LogP contribution in [0.25, 0.3) is 0 Å². The first-order valence-corrected chi connectivity index (χ1v) is 7.15. The van der Waals surface area contributed by atoms with E-state index in [4.69, 9.17) is 10.5 Å². The number of nitrogens with two attached hydrogens (primary N) is 1. The predicted octanol–water partition coefficient (Wildman–Crippen LogP) is 0.780. The van der Waals surface area contributed by atoms with Crippen molar-refractivity contribution in [1.29, 1.82) is 0 Å². The van der Waals surface area contributed by atoms with Crippen LogP contribution < -0.4 is 5.73 Å². The van der Waals surface area contributed by atoms with Crippen LogP contribution in [0.15, 0.2) is 30.3 Å². The van der Waals surface area contributed by atoms with Gasteiger partial charge in [-0.15, -0.1) is 0 Å². The fraction of sp³-hybridized carbons (Fsp3) is 0.600. The largest absolute Gasteiger partial charge is 0.379 e. The van der Waals surface area contributed by atoms with Crippen LogP contribution in [0.2, 0.25) is 0 Å². The smallest absolute Gasteiger partial charge is 0.0594 e. The maximum absolute atomic E-state index is 5.72. The van der Waals surface area contributed by atoms with Gasteiger partial charge in [-0.25, -0.2) is 0 Å². The molecule has 1 saturated heterocycles. The molecule has 4 nitrogen and oxygen atoms in total. The molecule has 1 aromatic rings. The van der Waals surface area contributed by atoms with Gasteiger partial charge in [0.1, 0.15) is 0 Å². The number of nitrogens with zero attached hydrogens (tertiary/aromatic N) is 2. The molecule has 0 saturated carbocycles. The van der Waals surface area contributed by atoms with Crippen LogP contribution in [0.5, 0.6) is 0 Å². The molecule has 2 N–H and O–H groups in total. The van der Waals surface area contributed by atoms with E-state index < -0.39 is 0 Å². The van der Waals surface area contributed by atoms with Crippen LogP contribution in [0.3, 0.4) is 0 Å². The van der Waals surface area contributed by atoms with Crippen LogP contribution in [0.1, 0.15) is 5.56 Å². The highest BCUT2D eigenvalue weighted by Crippen LogP contribution is 2.05. The van der Waals surface area contributed by atoms with Gasteiger partial charge < -0.3 is 10.5 Å². The molecule has 1 fully saturated rings. The zero-order valence-corrected chi connectivity index (χ0v) is 11.6. The molecule has 2 rings (SSSR count). The number of rotatable bonds is 7. The highest BCUT2D eigenvalue weighted by molar-refractivity contribution is 5.14. The molecule has 106 valence electrons. The van der Waals surface area contributed by atoms with Crippen molar-refractivity contribution in [2.24, 2.45) is 5.73 Å². The monoisotopic (exact) mass is 263 g/mol. The minimum atomic E-state index is 0.718. The second-order valence-electron chi connectivity index (χ2n) is 5.00. The summed E-state index contributed by atoms with van der Waals surface area (Å²) in [4.78, 5) is 4.91. The number of hydrogen-bond donors (Lipinski definition) is 1. The standard InChI is InChI=1S/C15H25N3O/c16-6-7-18(14-15-4-2-1-3-5-15)9-8-17-10-12-19-13-11-17/h1-5H,6-14,16H2. The zero-order valence-electron chi connectivity index (χ0n) is 11.6. The fourth-order valence-electron chi connectivity index (χ4n) is 2.40. The van der Waals surface area contributed by atoms with Crippen molar-refractivity contribution in [2.45, 2.75) is 6.54 Å². The van der Waals surface area contributed by atoms with Crippen molar-refractivity contribution in [3.05, 3.63) is 35.9 Å². The van der Waals surface area contributed by atoms with E-state index in [0.29, 0.717) is 0 Å². The van der Waals surface area contributed by atoms with Gasteiger partial charge in [-0.3, -0.25) is 9.80 Å². The molecule has 0 radical (unpaired) electrons. The van der Waals surface area contributed by atoms with Crippen LogP contribution in [-0.2, 0) is 11.3 Å². The molecule has 4 heteroatoms. The summed E-state index contributed by atoms with van der Waals surface area (Å²) in [5.41, 5.74) is 7.08. The summed E-state index contributed by atoms with van der Waals surface area (Å²) in [5.74, 6) is 0. The van der Waals surface area contributed by atoms with Crippen molar-refractivity contribution < 1.29 is 4.74 Å². The van der Waals surface area contributed by atoms with Crippen molar-refractivity contribution in [2.75, 3.05) is 52.5 Å². The van der Waals surface area contributed by atoms with E-state index in [1.807, 2.05) is 0 Å². The molecular formula is C15H25N3O. The van der Waals surface area contributed by atoms with Gasteiger partial charge in [0.15, 0.2) is 0 Å². The molecular weight excluding hydrogens is 238 g/mol. The van der Waals surface area contributed by atoms with Gasteiger partial charge in [0, 0.05) is 45.8 Å². The van der Waals surface area contributed by atoms with Crippen molar-refractivity contribution in [3.63, 3.8) is 0 Å². The maximum Gasteiger partial charge on any atom is 0.0594 e. The van der Waals surface area contributed by atoms with Crippen LogP contribution in [0.4, 0.5) is 0 Å². The summed E-state index contributed by atoms with van der Waals surface area (Å²) >= 11 is 0. The van der Waals surface area contributed by atoms with E-state index in [2.05, 4.69) is 40.1 Å². The third kappa shape index (κ3) is 5.28. The van der Waals surface area contributed by atoms with Gasteiger partial charge in [-0.05, 0) is 5.56 Å². The Morgan fingerprint density at radius 2 is 1.84 bits per heavy atom. The molecule has 1 aliphatic rings. The first kappa shape index (κ1) is 14.5. The Balaban J connectivity index is 1.78. The Bertz CT molecular complexity index is 339. The summed E-state index contributed by atoms with van der Waals surface area (Å²) in [6.07, 6.45) is 0. The number of ether oxygens (including phenoxy) is 1. The van der Waals surface area contributed by atoms with E-state index in [0.717, 1.165) is 59.0 Å². The highest BCUT2D eigenvalue weighted by atomic mass is 16.5. The molecule has 0 amide bonds. The summed E-state index contributed by atoms with van der Waals surface area (Å²) in [6.45, 7) is 8.70. The summed E-state index contributed by atoms with van der Waals surface area (Å²) in [7, 11) is 0. The molecule has 19 heavy (non-hydrogen) atoms. The fourth-order valence-corrected chi connectivity index (χ4v) is 2.40. The Morgan fingerprint density at radius 3 is 2.53 bits per heavy atom. The normalized spacial score (nSPS) is 16.9. The minimum absolute atomic E-state index is 0.718. The average molecular weight is 263 g/mol. The Labute approximate surface area is 116 Å². The summed E-state index contributed by atoms with van der Waals surface area (Å²) < 4.78 is 5.37.